The monoisotopic (exact) mass is 414 g/mol. The first kappa shape index (κ1) is 19.8. The van der Waals surface area contributed by atoms with Gasteiger partial charge in [0, 0.05) is 6.04 Å². The van der Waals surface area contributed by atoms with E-state index in [-0.39, 0.29) is 23.4 Å². The molecule has 2 aliphatic rings. The highest BCUT2D eigenvalue weighted by Gasteiger charge is 2.40. The third-order valence-electron chi connectivity index (χ3n) is 6.06. The number of fused-ring (bicyclic) bond motifs is 2. The number of amides is 1. The molecule has 7 heteroatoms. The van der Waals surface area contributed by atoms with Gasteiger partial charge in [-0.05, 0) is 67.5 Å². The van der Waals surface area contributed by atoms with Crippen LogP contribution < -0.4 is 14.4 Å². The molecule has 1 amide bonds. The first-order valence-electron chi connectivity index (χ1n) is 9.98. The van der Waals surface area contributed by atoms with E-state index in [0.717, 1.165) is 12.8 Å². The van der Waals surface area contributed by atoms with Gasteiger partial charge in [0.05, 0.1) is 17.7 Å². The maximum Gasteiger partial charge on any atom is 0.264 e. The van der Waals surface area contributed by atoms with E-state index in [0.29, 0.717) is 23.3 Å². The van der Waals surface area contributed by atoms with Gasteiger partial charge in [-0.15, -0.1) is 0 Å². The fourth-order valence-electron chi connectivity index (χ4n) is 4.59. The molecular formula is C22H26N2O4S. The van der Waals surface area contributed by atoms with Crippen molar-refractivity contribution in [3.8, 4) is 5.75 Å². The summed E-state index contributed by atoms with van der Waals surface area (Å²) < 4.78 is 32.9. The normalized spacial score (nSPS) is 23.0. The van der Waals surface area contributed by atoms with Crippen LogP contribution in [0.25, 0.3) is 0 Å². The number of ether oxygens (including phenoxy) is 1. The Hall–Kier alpha value is -2.54. The van der Waals surface area contributed by atoms with Crippen molar-refractivity contribution in [1.82, 2.24) is 5.32 Å². The molecule has 0 aromatic heterocycles. The van der Waals surface area contributed by atoms with Crippen LogP contribution in [-0.4, -0.2) is 34.0 Å². The predicted octanol–water partition coefficient (Wildman–Crippen LogP) is 3.20. The average Bonchev–Trinajstić information content (AvgIpc) is 3.36. The molecule has 4 rings (SSSR count). The van der Waals surface area contributed by atoms with Gasteiger partial charge in [-0.25, -0.2) is 8.42 Å². The quantitative estimate of drug-likeness (QED) is 0.755. The van der Waals surface area contributed by atoms with Gasteiger partial charge in [-0.1, -0.05) is 24.6 Å². The second kappa shape index (κ2) is 8.06. The SMILES string of the molecule is COc1ccc(N(CC(=O)NC2CC3CCC2C3)S(=O)(=O)c2ccccc2)cc1. The number of benzene rings is 2. The lowest BCUT2D eigenvalue weighted by Gasteiger charge is -2.27. The Kier molecular flexibility index (Phi) is 5.50. The van der Waals surface area contributed by atoms with Crippen molar-refractivity contribution in [3.05, 3.63) is 54.6 Å². The maximum atomic E-state index is 13.3. The summed E-state index contributed by atoms with van der Waals surface area (Å²) in [6.45, 7) is -0.253. The summed E-state index contributed by atoms with van der Waals surface area (Å²) in [5, 5.41) is 3.09. The van der Waals surface area contributed by atoms with Gasteiger partial charge in [-0.2, -0.15) is 0 Å². The first-order valence-corrected chi connectivity index (χ1v) is 11.4. The standard InChI is InChI=1S/C22H26N2O4S/c1-28-19-11-9-18(10-12-19)24(29(26,27)20-5-3-2-4-6-20)15-22(25)23-21-14-16-7-8-17(21)13-16/h2-6,9-12,16-17,21H,7-8,13-15H2,1H3,(H,23,25). The molecule has 2 aliphatic carbocycles. The van der Waals surface area contributed by atoms with E-state index in [1.165, 1.54) is 17.1 Å². The second-order valence-electron chi connectivity index (χ2n) is 7.87. The van der Waals surface area contributed by atoms with Gasteiger partial charge in [0.2, 0.25) is 5.91 Å². The minimum atomic E-state index is -3.88. The highest BCUT2D eigenvalue weighted by atomic mass is 32.2. The largest absolute Gasteiger partial charge is 0.497 e. The van der Waals surface area contributed by atoms with E-state index in [2.05, 4.69) is 5.32 Å². The van der Waals surface area contributed by atoms with Gasteiger partial charge in [0.1, 0.15) is 12.3 Å². The summed E-state index contributed by atoms with van der Waals surface area (Å²) in [7, 11) is -2.33. The van der Waals surface area contributed by atoms with Crippen LogP contribution in [0.2, 0.25) is 0 Å². The molecule has 0 spiro atoms. The first-order chi connectivity index (χ1) is 14.0. The van der Waals surface area contributed by atoms with Crippen LogP contribution >= 0.6 is 0 Å². The Morgan fingerprint density at radius 2 is 1.79 bits per heavy atom. The number of sulfonamides is 1. The van der Waals surface area contributed by atoms with Crippen LogP contribution in [-0.2, 0) is 14.8 Å². The van der Waals surface area contributed by atoms with E-state index < -0.39 is 10.0 Å². The lowest BCUT2D eigenvalue weighted by atomic mass is 9.95. The molecule has 2 aromatic rings. The lowest BCUT2D eigenvalue weighted by Crippen LogP contribution is -2.45. The molecule has 3 atom stereocenters. The molecular weight excluding hydrogens is 388 g/mol. The average molecular weight is 415 g/mol. The van der Waals surface area contributed by atoms with Crippen molar-refractivity contribution in [1.29, 1.82) is 0 Å². The lowest BCUT2D eigenvalue weighted by molar-refractivity contribution is -0.120. The van der Waals surface area contributed by atoms with Gasteiger partial charge < -0.3 is 10.1 Å². The summed E-state index contributed by atoms with van der Waals surface area (Å²) >= 11 is 0. The predicted molar refractivity (Wildman–Crippen MR) is 111 cm³/mol. The zero-order valence-corrected chi connectivity index (χ0v) is 17.3. The molecule has 0 heterocycles. The summed E-state index contributed by atoms with van der Waals surface area (Å²) in [4.78, 5) is 13.0. The molecule has 3 unspecified atom stereocenters. The van der Waals surface area contributed by atoms with Gasteiger partial charge in [0.25, 0.3) is 10.0 Å². The Morgan fingerprint density at radius 3 is 2.38 bits per heavy atom. The third kappa shape index (κ3) is 4.10. The van der Waals surface area contributed by atoms with Crippen LogP contribution in [0.5, 0.6) is 5.75 Å². The number of hydrogen-bond donors (Lipinski definition) is 1. The van der Waals surface area contributed by atoms with Crippen LogP contribution in [0, 0.1) is 11.8 Å². The minimum Gasteiger partial charge on any atom is -0.497 e. The van der Waals surface area contributed by atoms with Gasteiger partial charge in [0.15, 0.2) is 0 Å². The van der Waals surface area contributed by atoms with Crippen LogP contribution in [0.4, 0.5) is 5.69 Å². The number of hydrogen-bond acceptors (Lipinski definition) is 4. The summed E-state index contributed by atoms with van der Waals surface area (Å²) in [5.74, 6) is 1.59. The topological polar surface area (TPSA) is 75.7 Å². The molecule has 2 bridgehead atoms. The molecule has 1 N–H and O–H groups in total. The number of methoxy groups -OCH3 is 1. The number of carbonyl (C=O) groups is 1. The van der Waals surface area contributed by atoms with E-state index in [9.17, 15) is 13.2 Å². The smallest absolute Gasteiger partial charge is 0.264 e. The molecule has 0 aliphatic heterocycles. The van der Waals surface area contributed by atoms with Crippen LogP contribution in [0.3, 0.4) is 0 Å². The van der Waals surface area contributed by atoms with Crippen molar-refractivity contribution in [2.75, 3.05) is 18.0 Å². The fourth-order valence-corrected chi connectivity index (χ4v) is 6.03. The van der Waals surface area contributed by atoms with Gasteiger partial charge >= 0.3 is 0 Å². The summed E-state index contributed by atoms with van der Waals surface area (Å²) in [6, 6.07) is 15.1. The van der Waals surface area contributed by atoms with Crippen molar-refractivity contribution in [2.24, 2.45) is 11.8 Å². The van der Waals surface area contributed by atoms with E-state index in [1.807, 2.05) is 0 Å². The number of anilines is 1. The molecule has 29 heavy (non-hydrogen) atoms. The third-order valence-corrected chi connectivity index (χ3v) is 7.85. The van der Waals surface area contributed by atoms with Crippen molar-refractivity contribution in [2.45, 2.75) is 36.6 Å². The van der Waals surface area contributed by atoms with E-state index >= 15 is 0 Å². The molecule has 6 nitrogen and oxygen atoms in total. The van der Waals surface area contributed by atoms with Crippen molar-refractivity contribution < 1.29 is 17.9 Å². The Labute approximate surface area is 171 Å². The fraction of sp³-hybridized carbons (Fsp3) is 0.409. The summed E-state index contributed by atoms with van der Waals surface area (Å²) in [6.07, 6.45) is 4.58. The zero-order chi connectivity index (χ0) is 20.4. The number of carbonyl (C=O) groups excluding carboxylic acids is 1. The van der Waals surface area contributed by atoms with Crippen LogP contribution in [0.1, 0.15) is 25.7 Å². The Balaban J connectivity index is 1.58. The maximum absolute atomic E-state index is 13.3. The second-order valence-corrected chi connectivity index (χ2v) is 9.73. The van der Waals surface area contributed by atoms with Crippen molar-refractivity contribution in [3.63, 3.8) is 0 Å². The van der Waals surface area contributed by atoms with Gasteiger partial charge in [-0.3, -0.25) is 9.10 Å². The Bertz CT molecular complexity index is 960. The van der Waals surface area contributed by atoms with E-state index in [4.69, 9.17) is 4.74 Å². The molecule has 2 saturated carbocycles. The van der Waals surface area contributed by atoms with Crippen LogP contribution in [0.15, 0.2) is 59.5 Å². The Morgan fingerprint density at radius 1 is 1.07 bits per heavy atom. The highest BCUT2D eigenvalue weighted by molar-refractivity contribution is 7.92. The minimum absolute atomic E-state index is 0.156. The van der Waals surface area contributed by atoms with E-state index in [1.54, 1.807) is 61.7 Å². The molecule has 2 fully saturated rings. The molecule has 0 radical (unpaired) electrons. The van der Waals surface area contributed by atoms with Crippen molar-refractivity contribution >= 4 is 21.6 Å². The zero-order valence-electron chi connectivity index (χ0n) is 16.5. The highest BCUT2D eigenvalue weighted by Crippen LogP contribution is 2.44. The molecule has 0 saturated heterocycles. The number of rotatable bonds is 7. The summed E-state index contributed by atoms with van der Waals surface area (Å²) in [5.41, 5.74) is 0.428. The number of nitrogens with zero attached hydrogens (tertiary/aromatic N) is 1. The number of nitrogens with one attached hydrogen (secondary N) is 1. The molecule has 154 valence electrons. The molecule has 2 aromatic carbocycles.